The number of fused-ring (bicyclic) bond motifs is 2. The van der Waals surface area contributed by atoms with E-state index in [9.17, 15) is 0 Å². The number of rotatable bonds is 9. The molecular formula is C40H32N2. The van der Waals surface area contributed by atoms with Gasteiger partial charge in [0.05, 0.1) is 6.07 Å². The van der Waals surface area contributed by atoms with E-state index in [0.717, 1.165) is 77.2 Å². The summed E-state index contributed by atoms with van der Waals surface area (Å²) >= 11 is 0. The quantitative estimate of drug-likeness (QED) is 0.189. The van der Waals surface area contributed by atoms with Gasteiger partial charge in [-0.2, -0.15) is 5.26 Å². The van der Waals surface area contributed by atoms with Crippen LogP contribution in [0, 0.1) is 11.3 Å². The number of nitriles is 1. The molecule has 0 aliphatic rings. The predicted octanol–water partition coefficient (Wildman–Crippen LogP) is 10.3. The van der Waals surface area contributed by atoms with E-state index >= 15 is 0 Å². The molecule has 2 nitrogen and oxygen atoms in total. The Morgan fingerprint density at radius 1 is 0.690 bits per heavy atom. The highest BCUT2D eigenvalue weighted by molar-refractivity contribution is 6.13. The van der Waals surface area contributed by atoms with Gasteiger partial charge in [-0.3, -0.25) is 0 Å². The zero-order valence-corrected chi connectivity index (χ0v) is 23.6. The first-order valence-corrected chi connectivity index (χ1v) is 13.7. The Balaban J connectivity index is 1.79. The number of hydrogen-bond acceptors (Lipinski definition) is 2. The third-order valence-electron chi connectivity index (χ3n) is 7.73. The number of benzene rings is 5. The average Bonchev–Trinajstić information content (AvgIpc) is 3.04. The van der Waals surface area contributed by atoms with Crippen molar-refractivity contribution in [1.82, 2.24) is 0 Å². The summed E-state index contributed by atoms with van der Waals surface area (Å²) in [6, 6.07) is 28.8. The first-order valence-electron chi connectivity index (χ1n) is 13.7. The molecule has 5 rings (SSSR count). The zero-order valence-electron chi connectivity index (χ0n) is 23.6. The summed E-state index contributed by atoms with van der Waals surface area (Å²) in [5.41, 5.74) is 16.1. The van der Waals surface area contributed by atoms with Crippen LogP contribution < -0.4 is 5.73 Å². The molecule has 0 saturated carbocycles. The summed E-state index contributed by atoms with van der Waals surface area (Å²) in [6.07, 6.45) is 11.1. The van der Waals surface area contributed by atoms with Gasteiger partial charge in [0, 0.05) is 0 Å². The van der Waals surface area contributed by atoms with Gasteiger partial charge in [-0.25, -0.2) is 0 Å². The smallest absolute Gasteiger partial charge is 0.112 e. The molecule has 2 N–H and O–H groups in total. The standard InChI is InChI=1S/C40H32N2/c1-6-26-14-13-17-36(33(26)8-3)40-35(10-5)34(9-4)39(37-15-11-12-16-38(37)40)31-21-20-29-22-28(18-19-30(29)23-31)27(7-2)24-32(42)25-41/h6-24,32H,1-5,42H2/b27-24+. The molecule has 0 spiro atoms. The van der Waals surface area contributed by atoms with E-state index in [2.05, 4.69) is 112 Å². The monoisotopic (exact) mass is 540 g/mol. The lowest BCUT2D eigenvalue weighted by molar-refractivity contribution is 1.04. The Morgan fingerprint density at radius 3 is 1.98 bits per heavy atom. The SMILES string of the molecule is C=C/C(=C\C(N)C#N)c1ccc2cc(-c3c(C=C)c(C=C)c(-c4cccc(C=C)c4C=C)c4ccccc34)ccc2c1. The summed E-state index contributed by atoms with van der Waals surface area (Å²) in [6.45, 7) is 20.5. The molecule has 42 heavy (non-hydrogen) atoms. The van der Waals surface area contributed by atoms with Crippen molar-refractivity contribution in [3.05, 3.63) is 152 Å². The van der Waals surface area contributed by atoms with Gasteiger partial charge in [0.1, 0.15) is 6.04 Å². The lowest BCUT2D eigenvalue weighted by atomic mass is 9.81. The third-order valence-corrected chi connectivity index (χ3v) is 7.73. The minimum absolute atomic E-state index is 0.689. The fourth-order valence-corrected chi connectivity index (χ4v) is 5.80. The first kappa shape index (κ1) is 28.1. The molecule has 202 valence electrons. The van der Waals surface area contributed by atoms with Crippen LogP contribution in [-0.2, 0) is 0 Å². The van der Waals surface area contributed by atoms with Gasteiger partial charge in [-0.1, -0.05) is 130 Å². The molecule has 2 heteroatoms. The van der Waals surface area contributed by atoms with Crippen molar-refractivity contribution >= 4 is 51.4 Å². The Hall–Kier alpha value is -5.49. The molecular weight excluding hydrogens is 508 g/mol. The highest BCUT2D eigenvalue weighted by atomic mass is 14.6. The molecule has 0 fully saturated rings. The van der Waals surface area contributed by atoms with E-state index in [1.54, 1.807) is 12.2 Å². The van der Waals surface area contributed by atoms with E-state index in [1.165, 1.54) is 0 Å². The van der Waals surface area contributed by atoms with Gasteiger partial charge >= 0.3 is 0 Å². The molecule has 0 aliphatic heterocycles. The Bertz CT molecular complexity index is 2000. The number of nitrogens with two attached hydrogens (primary N) is 1. The van der Waals surface area contributed by atoms with Gasteiger partial charge in [-0.15, -0.1) is 0 Å². The summed E-state index contributed by atoms with van der Waals surface area (Å²) in [4.78, 5) is 0. The maximum Gasteiger partial charge on any atom is 0.112 e. The lowest BCUT2D eigenvalue weighted by Crippen LogP contribution is -2.13. The Kier molecular flexibility index (Phi) is 7.98. The lowest BCUT2D eigenvalue weighted by Gasteiger charge is -2.22. The fourth-order valence-electron chi connectivity index (χ4n) is 5.80. The maximum atomic E-state index is 9.15. The molecule has 5 aromatic carbocycles. The van der Waals surface area contributed by atoms with Crippen LogP contribution in [0.2, 0.25) is 0 Å². The van der Waals surface area contributed by atoms with Crippen LogP contribution in [-0.4, -0.2) is 6.04 Å². The molecule has 5 aromatic rings. The molecule has 0 aromatic heterocycles. The number of hydrogen-bond donors (Lipinski definition) is 1. The zero-order chi connectivity index (χ0) is 29.8. The van der Waals surface area contributed by atoms with Crippen LogP contribution in [0.1, 0.15) is 27.8 Å². The highest BCUT2D eigenvalue weighted by Gasteiger charge is 2.20. The number of nitrogens with zero attached hydrogens (tertiary/aromatic N) is 1. The second kappa shape index (κ2) is 11.9. The topological polar surface area (TPSA) is 49.8 Å². The second-order valence-corrected chi connectivity index (χ2v) is 10.0. The minimum Gasteiger partial charge on any atom is -0.313 e. The highest BCUT2D eigenvalue weighted by Crippen LogP contribution is 2.45. The van der Waals surface area contributed by atoms with Crippen molar-refractivity contribution in [3.8, 4) is 28.3 Å². The first-order chi connectivity index (χ1) is 20.5. The fraction of sp³-hybridized carbons (Fsp3) is 0.0250. The van der Waals surface area contributed by atoms with Crippen molar-refractivity contribution in [3.63, 3.8) is 0 Å². The van der Waals surface area contributed by atoms with Gasteiger partial charge in [-0.05, 0) is 95.4 Å². The summed E-state index contributed by atoms with van der Waals surface area (Å²) in [7, 11) is 0. The van der Waals surface area contributed by atoms with Crippen LogP contribution in [0.15, 0.2) is 124 Å². The van der Waals surface area contributed by atoms with Crippen LogP contribution >= 0.6 is 0 Å². The molecule has 0 amide bonds. The second-order valence-electron chi connectivity index (χ2n) is 10.0. The van der Waals surface area contributed by atoms with E-state index in [-0.39, 0.29) is 0 Å². The van der Waals surface area contributed by atoms with Gasteiger partial charge in [0.15, 0.2) is 0 Å². The van der Waals surface area contributed by atoms with E-state index < -0.39 is 6.04 Å². The average molecular weight is 541 g/mol. The molecule has 0 heterocycles. The number of allylic oxidation sites excluding steroid dienone is 2. The summed E-state index contributed by atoms with van der Waals surface area (Å²) in [5.74, 6) is 0. The molecule has 0 bridgehead atoms. The van der Waals surface area contributed by atoms with Gasteiger partial charge in [0.25, 0.3) is 0 Å². The van der Waals surface area contributed by atoms with E-state index in [1.807, 2.05) is 30.4 Å². The Morgan fingerprint density at radius 2 is 1.33 bits per heavy atom. The van der Waals surface area contributed by atoms with Crippen LogP contribution in [0.5, 0.6) is 0 Å². The van der Waals surface area contributed by atoms with Gasteiger partial charge < -0.3 is 5.73 Å². The van der Waals surface area contributed by atoms with E-state index in [0.29, 0.717) is 0 Å². The Labute approximate surface area is 248 Å². The van der Waals surface area contributed by atoms with Crippen molar-refractivity contribution in [1.29, 1.82) is 5.26 Å². The van der Waals surface area contributed by atoms with Crippen LogP contribution in [0.3, 0.4) is 0 Å². The largest absolute Gasteiger partial charge is 0.313 e. The maximum absolute atomic E-state index is 9.15. The normalized spacial score (nSPS) is 12.0. The van der Waals surface area contributed by atoms with Crippen molar-refractivity contribution in [2.75, 3.05) is 0 Å². The van der Waals surface area contributed by atoms with Crippen LogP contribution in [0.25, 0.3) is 73.7 Å². The summed E-state index contributed by atoms with van der Waals surface area (Å²) < 4.78 is 0. The predicted molar refractivity (Wildman–Crippen MR) is 184 cm³/mol. The molecule has 0 saturated heterocycles. The van der Waals surface area contributed by atoms with Crippen LogP contribution in [0.4, 0.5) is 0 Å². The van der Waals surface area contributed by atoms with Gasteiger partial charge in [0.2, 0.25) is 0 Å². The van der Waals surface area contributed by atoms with Crippen molar-refractivity contribution < 1.29 is 0 Å². The molecule has 1 unspecified atom stereocenters. The summed E-state index contributed by atoms with van der Waals surface area (Å²) in [5, 5.41) is 13.6. The van der Waals surface area contributed by atoms with Crippen molar-refractivity contribution in [2.45, 2.75) is 6.04 Å². The van der Waals surface area contributed by atoms with Crippen molar-refractivity contribution in [2.24, 2.45) is 5.73 Å². The molecule has 1 atom stereocenters. The third kappa shape index (κ3) is 4.84. The molecule has 0 radical (unpaired) electrons. The molecule has 0 aliphatic carbocycles. The minimum atomic E-state index is -0.689. The van der Waals surface area contributed by atoms with E-state index in [4.69, 9.17) is 11.0 Å².